The summed E-state index contributed by atoms with van der Waals surface area (Å²) < 4.78 is 4.51. The highest BCUT2D eigenvalue weighted by Crippen LogP contribution is 2.37. The SMILES string of the molecule is CCCCCCCCn1/c(=C/C2=C([O-])C(=C/C3=[N+](CCCCCCCC)c4cccc5cccc3c45)/C(=O)C2=O)c2cccc3cccc1c32. The van der Waals surface area contributed by atoms with Gasteiger partial charge in [0.1, 0.15) is 6.54 Å². The fourth-order valence-corrected chi connectivity index (χ4v) is 8.09. The van der Waals surface area contributed by atoms with Crippen molar-refractivity contribution in [3.05, 3.63) is 107 Å². The van der Waals surface area contributed by atoms with E-state index in [9.17, 15) is 14.7 Å². The Hall–Kier alpha value is -4.77. The van der Waals surface area contributed by atoms with Crippen molar-refractivity contribution in [3.8, 4) is 0 Å². The Bertz CT molecular complexity index is 2240. The second-order valence-corrected chi connectivity index (χ2v) is 14.1. The number of benzene rings is 4. The van der Waals surface area contributed by atoms with E-state index in [2.05, 4.69) is 83.7 Å². The molecule has 5 aromatic rings. The van der Waals surface area contributed by atoms with Crippen molar-refractivity contribution in [3.63, 3.8) is 0 Å². The van der Waals surface area contributed by atoms with Crippen molar-refractivity contribution in [2.24, 2.45) is 0 Å². The minimum absolute atomic E-state index is 0.0363. The Balaban J connectivity index is 1.31. The van der Waals surface area contributed by atoms with Crippen LogP contribution in [0.5, 0.6) is 0 Å². The van der Waals surface area contributed by atoms with Crippen molar-refractivity contribution in [1.82, 2.24) is 4.57 Å². The van der Waals surface area contributed by atoms with E-state index in [0.29, 0.717) is 0 Å². The maximum atomic E-state index is 14.2. The third-order valence-corrected chi connectivity index (χ3v) is 10.7. The van der Waals surface area contributed by atoms with Gasteiger partial charge in [-0.15, -0.1) is 0 Å². The molecule has 1 aliphatic carbocycles. The molecule has 0 amide bonds. The zero-order chi connectivity index (χ0) is 34.6. The Labute approximate surface area is 295 Å². The van der Waals surface area contributed by atoms with Crippen LogP contribution in [-0.2, 0) is 16.1 Å². The number of carbonyl (C=O) groups excluding carboxylic acids is 2. The summed E-state index contributed by atoms with van der Waals surface area (Å²) in [6, 6.07) is 25.0. The van der Waals surface area contributed by atoms with E-state index in [-0.39, 0.29) is 11.1 Å². The van der Waals surface area contributed by atoms with E-state index in [1.54, 1.807) is 12.2 Å². The fourth-order valence-electron chi connectivity index (χ4n) is 8.09. The molecule has 4 aromatic carbocycles. The molecule has 1 aromatic heterocycles. The largest absolute Gasteiger partial charge is 0.871 e. The molecule has 2 aliphatic rings. The number of Topliss-reactive ketones (excluding diaryl/α,β-unsaturated/α-hetero) is 2. The van der Waals surface area contributed by atoms with Crippen LogP contribution in [0, 0.1) is 0 Å². The molecule has 0 N–H and O–H groups in total. The van der Waals surface area contributed by atoms with Crippen LogP contribution in [0.2, 0.25) is 0 Å². The Kier molecular flexibility index (Phi) is 10.1. The molecule has 0 saturated heterocycles. The lowest BCUT2D eigenvalue weighted by Gasteiger charge is -2.10. The van der Waals surface area contributed by atoms with Crippen LogP contribution in [0.25, 0.3) is 38.5 Å². The molecule has 0 spiro atoms. The molecule has 0 saturated carbocycles. The van der Waals surface area contributed by atoms with Gasteiger partial charge in [-0.1, -0.05) is 132 Å². The molecule has 0 fully saturated rings. The number of nitrogens with zero attached hydrogens (tertiary/aromatic N) is 2. The number of rotatable bonds is 16. The standard InChI is InChI=1S/C45H48N2O3/c1-3-5-7-9-11-13-27-46-37-25-17-21-31-19-15-23-33(41(31)37)39(46)29-35-43(48)36(45(50)44(35)49)30-40-34-24-16-20-32-22-18-26-38(42(32)34)47(40)28-14-12-10-8-6-4-2/h15-26,29-30H,3-14,27-28H2,1-2H3. The number of aromatic nitrogens is 1. The number of hydrogen-bond acceptors (Lipinski definition) is 3. The summed E-state index contributed by atoms with van der Waals surface area (Å²) in [6.45, 7) is 6.02. The van der Waals surface area contributed by atoms with Crippen LogP contribution in [0.1, 0.15) is 96.5 Å². The van der Waals surface area contributed by atoms with Crippen LogP contribution >= 0.6 is 0 Å². The lowest BCUT2D eigenvalue weighted by molar-refractivity contribution is -0.436. The van der Waals surface area contributed by atoms with Crippen LogP contribution in [0.4, 0.5) is 5.69 Å². The highest BCUT2D eigenvalue weighted by molar-refractivity contribution is 6.55. The van der Waals surface area contributed by atoms with Crippen molar-refractivity contribution in [1.29, 1.82) is 0 Å². The van der Waals surface area contributed by atoms with E-state index in [1.807, 2.05) is 12.1 Å². The first-order valence-electron chi connectivity index (χ1n) is 18.9. The third kappa shape index (κ3) is 6.23. The normalized spacial score (nSPS) is 15.9. The van der Waals surface area contributed by atoms with Crippen LogP contribution in [-0.4, -0.2) is 33.0 Å². The van der Waals surface area contributed by atoms with Crippen molar-refractivity contribution < 1.29 is 19.3 Å². The second-order valence-electron chi connectivity index (χ2n) is 14.1. The maximum Gasteiger partial charge on any atom is 0.233 e. The monoisotopic (exact) mass is 664 g/mol. The lowest BCUT2D eigenvalue weighted by atomic mass is 10.0. The van der Waals surface area contributed by atoms with Gasteiger partial charge in [-0.2, -0.15) is 4.58 Å². The third-order valence-electron chi connectivity index (χ3n) is 10.7. The van der Waals surface area contributed by atoms with Gasteiger partial charge in [-0.3, -0.25) is 9.59 Å². The number of ketones is 2. The Morgan fingerprint density at radius 3 is 2.02 bits per heavy atom. The molecular formula is C45H48N2O3. The molecule has 5 heteroatoms. The summed E-state index contributed by atoms with van der Waals surface area (Å²) in [5, 5.41) is 20.6. The van der Waals surface area contributed by atoms with E-state index < -0.39 is 17.3 Å². The van der Waals surface area contributed by atoms with Gasteiger partial charge in [0.25, 0.3) is 0 Å². The number of unbranched alkanes of at least 4 members (excludes halogenated alkanes) is 10. The summed E-state index contributed by atoms with van der Waals surface area (Å²) in [5.74, 6) is -1.91. The van der Waals surface area contributed by atoms with E-state index in [0.717, 1.165) is 93.5 Å². The van der Waals surface area contributed by atoms with Crippen molar-refractivity contribution in [2.45, 2.75) is 97.4 Å². The van der Waals surface area contributed by atoms with Gasteiger partial charge in [-0.25, -0.2) is 0 Å². The molecule has 1 aliphatic heterocycles. The zero-order valence-corrected chi connectivity index (χ0v) is 29.6. The Morgan fingerprint density at radius 1 is 0.660 bits per heavy atom. The van der Waals surface area contributed by atoms with Gasteiger partial charge in [0.15, 0.2) is 0 Å². The Morgan fingerprint density at radius 2 is 1.28 bits per heavy atom. The summed E-state index contributed by atoms with van der Waals surface area (Å²) >= 11 is 0. The van der Waals surface area contributed by atoms with Crippen LogP contribution in [0.15, 0.2) is 95.8 Å². The summed E-state index contributed by atoms with van der Waals surface area (Å²) in [5.41, 5.74) is 3.94. The number of carbonyl (C=O) groups is 2. The fraction of sp³-hybridized carbons (Fsp3) is 0.356. The van der Waals surface area contributed by atoms with Gasteiger partial charge < -0.3 is 9.67 Å². The molecule has 50 heavy (non-hydrogen) atoms. The molecule has 256 valence electrons. The minimum atomic E-state index is -0.715. The van der Waals surface area contributed by atoms with Crippen molar-refractivity contribution >= 4 is 61.5 Å². The lowest BCUT2D eigenvalue weighted by Crippen LogP contribution is -2.19. The first-order valence-corrected chi connectivity index (χ1v) is 18.9. The summed E-state index contributed by atoms with van der Waals surface area (Å²) in [4.78, 5) is 27.4. The predicted octanol–water partition coefficient (Wildman–Crippen LogP) is 9.01. The topological polar surface area (TPSA) is 65.1 Å². The molecule has 0 bridgehead atoms. The van der Waals surface area contributed by atoms with E-state index in [1.165, 1.54) is 51.4 Å². The summed E-state index contributed by atoms with van der Waals surface area (Å²) in [6.07, 6.45) is 17.5. The molecule has 0 atom stereocenters. The van der Waals surface area contributed by atoms with Gasteiger partial charge in [0, 0.05) is 57.9 Å². The first kappa shape index (κ1) is 33.7. The maximum absolute atomic E-state index is 14.2. The summed E-state index contributed by atoms with van der Waals surface area (Å²) in [7, 11) is 0. The second kappa shape index (κ2) is 15.0. The number of hydrogen-bond donors (Lipinski definition) is 0. The molecule has 2 heterocycles. The zero-order valence-electron chi connectivity index (χ0n) is 29.6. The quantitative estimate of drug-likeness (QED) is 0.0458. The predicted molar refractivity (Wildman–Crippen MR) is 204 cm³/mol. The number of allylic oxidation sites excluding steroid dienone is 3. The van der Waals surface area contributed by atoms with Crippen molar-refractivity contribution in [2.75, 3.05) is 6.54 Å². The van der Waals surface area contributed by atoms with Crippen LogP contribution in [0.3, 0.4) is 0 Å². The molecule has 7 rings (SSSR count). The highest BCUT2D eigenvalue weighted by Gasteiger charge is 2.35. The first-order chi connectivity index (χ1) is 24.5. The minimum Gasteiger partial charge on any atom is -0.871 e. The van der Waals surface area contributed by atoms with Gasteiger partial charge >= 0.3 is 0 Å². The van der Waals surface area contributed by atoms with Gasteiger partial charge in [-0.05, 0) is 41.8 Å². The van der Waals surface area contributed by atoms with Gasteiger partial charge in [0.05, 0.1) is 10.9 Å². The van der Waals surface area contributed by atoms with E-state index >= 15 is 0 Å². The molecule has 0 radical (unpaired) electrons. The molecule has 0 unspecified atom stereocenters. The highest BCUT2D eigenvalue weighted by atomic mass is 16.3. The molecule has 5 nitrogen and oxygen atoms in total. The molecular weight excluding hydrogens is 617 g/mol. The van der Waals surface area contributed by atoms with E-state index in [4.69, 9.17) is 0 Å². The number of aryl methyl sites for hydroxylation is 1. The average Bonchev–Trinajstić information content (AvgIpc) is 3.68. The average molecular weight is 665 g/mol. The smallest absolute Gasteiger partial charge is 0.233 e. The van der Waals surface area contributed by atoms with Crippen LogP contribution < -0.4 is 10.5 Å². The van der Waals surface area contributed by atoms with Gasteiger partial charge in [0.2, 0.25) is 23.0 Å².